The number of rotatable bonds is 9. The third-order valence-electron chi connectivity index (χ3n) is 4.14. The summed E-state index contributed by atoms with van der Waals surface area (Å²) in [6.45, 7) is 8.89. The van der Waals surface area contributed by atoms with Gasteiger partial charge in [0.15, 0.2) is 0 Å². The number of ether oxygens (including phenoxy) is 3. The fourth-order valence-corrected chi connectivity index (χ4v) is 2.94. The van der Waals surface area contributed by atoms with Crippen LogP contribution in [0.1, 0.15) is 12.8 Å². The second-order valence-corrected chi connectivity index (χ2v) is 6.41. The first kappa shape index (κ1) is 19.2. The van der Waals surface area contributed by atoms with Crippen LogP contribution in [0.3, 0.4) is 0 Å². The molecule has 8 heteroatoms. The number of hydrogen-bond acceptors (Lipinski definition) is 5. The number of halogens is 1. The molecule has 0 aliphatic carbocycles. The summed E-state index contributed by atoms with van der Waals surface area (Å²) in [7, 11) is 0. The van der Waals surface area contributed by atoms with Crippen LogP contribution in [0, 0.1) is 6.57 Å². The minimum Gasteiger partial charge on any atom is -0.502 e. The summed E-state index contributed by atoms with van der Waals surface area (Å²) in [4.78, 5) is 19.1. The van der Waals surface area contributed by atoms with Crippen molar-refractivity contribution in [2.24, 2.45) is 0 Å². The number of nitrogens with one attached hydrogen (secondary N) is 1. The summed E-state index contributed by atoms with van der Waals surface area (Å²) in [5, 5.41) is 4.46. The van der Waals surface area contributed by atoms with Gasteiger partial charge in [-0.3, -0.25) is 4.79 Å². The minimum atomic E-state index is -0.00752. The van der Waals surface area contributed by atoms with E-state index >= 15 is 0 Å². The van der Waals surface area contributed by atoms with E-state index in [0.717, 1.165) is 17.2 Å². The average molecular weight is 390 g/mol. The lowest BCUT2D eigenvalue weighted by molar-refractivity contribution is -0.119. The van der Waals surface area contributed by atoms with Gasteiger partial charge >= 0.3 is 0 Å². The van der Waals surface area contributed by atoms with Crippen LogP contribution in [-0.4, -0.2) is 49.2 Å². The molecule has 142 valence electrons. The first-order chi connectivity index (χ1) is 13.2. The lowest BCUT2D eigenvalue weighted by atomic mass is 10.1. The predicted molar refractivity (Wildman–Crippen MR) is 102 cm³/mol. The van der Waals surface area contributed by atoms with Gasteiger partial charge in [0.2, 0.25) is 17.5 Å². The normalized spacial score (nSPS) is 16.1. The zero-order valence-electron chi connectivity index (χ0n) is 14.7. The van der Waals surface area contributed by atoms with Crippen molar-refractivity contribution >= 4 is 34.0 Å². The monoisotopic (exact) mass is 389 g/mol. The highest BCUT2D eigenvalue weighted by Crippen LogP contribution is 2.36. The number of amides is 1. The summed E-state index contributed by atoms with van der Waals surface area (Å²) >= 11 is 5.56. The topological polar surface area (TPSA) is 74.0 Å². The Morgan fingerprint density at radius 2 is 2.19 bits per heavy atom. The van der Waals surface area contributed by atoms with Crippen LogP contribution in [0.15, 0.2) is 24.4 Å². The van der Waals surface area contributed by atoms with Crippen molar-refractivity contribution in [1.29, 1.82) is 0 Å². The zero-order chi connectivity index (χ0) is 19.1. The lowest BCUT2D eigenvalue weighted by Crippen LogP contribution is -2.31. The summed E-state index contributed by atoms with van der Waals surface area (Å²) in [5.41, 5.74) is 0.417. The molecule has 2 heterocycles. The summed E-state index contributed by atoms with van der Waals surface area (Å²) in [5.74, 6) is 1.38. The van der Waals surface area contributed by atoms with Crippen LogP contribution in [0.5, 0.6) is 11.6 Å². The number of nitrogens with zero attached hydrogens (tertiary/aromatic N) is 2. The number of alkyl halides is 1. The van der Waals surface area contributed by atoms with Gasteiger partial charge in [-0.15, -0.1) is 11.6 Å². The molecule has 0 saturated carbocycles. The molecule has 1 aromatic heterocycles. The van der Waals surface area contributed by atoms with E-state index in [1.807, 2.05) is 6.07 Å². The van der Waals surface area contributed by atoms with Crippen molar-refractivity contribution in [1.82, 2.24) is 10.3 Å². The average Bonchev–Trinajstić information content (AvgIpc) is 3.10. The van der Waals surface area contributed by atoms with E-state index in [0.29, 0.717) is 56.0 Å². The van der Waals surface area contributed by atoms with Crippen LogP contribution in [0.4, 0.5) is 5.69 Å². The van der Waals surface area contributed by atoms with Gasteiger partial charge in [-0.05, 0) is 30.0 Å². The molecular formula is C19H20ClN3O4. The molecule has 1 aliphatic rings. The number of carbonyl (C=O) groups is 1. The third kappa shape index (κ3) is 5.00. The van der Waals surface area contributed by atoms with Crippen LogP contribution >= 0.6 is 11.6 Å². The molecule has 1 aromatic carbocycles. The van der Waals surface area contributed by atoms with Crippen LogP contribution < -0.4 is 14.8 Å². The van der Waals surface area contributed by atoms with Crippen LogP contribution in [0.2, 0.25) is 0 Å². The highest BCUT2D eigenvalue weighted by molar-refractivity contribution is 6.17. The standard InChI is InChI=1S/C19H20ClN3O4/c1-21-16-10-13-4-6-22-19(27-12-14-2-3-18(24)23-14)15(13)11-17(16)26-9-8-25-7-5-20/h4,6,10-11,14H,2-3,5,7-9,12H2,(H,23,24). The molecule has 2 aromatic rings. The van der Waals surface area contributed by atoms with E-state index in [4.69, 9.17) is 32.4 Å². The largest absolute Gasteiger partial charge is 0.502 e. The van der Waals surface area contributed by atoms with Crippen LogP contribution in [0.25, 0.3) is 15.6 Å². The fraction of sp³-hybridized carbons (Fsp3) is 0.421. The second-order valence-electron chi connectivity index (χ2n) is 6.03. The molecule has 3 rings (SSSR count). The van der Waals surface area contributed by atoms with Gasteiger partial charge in [-0.1, -0.05) is 0 Å². The highest BCUT2D eigenvalue weighted by Gasteiger charge is 2.21. The molecule has 1 aliphatic heterocycles. The smallest absolute Gasteiger partial charge is 0.228 e. The quantitative estimate of drug-likeness (QED) is 0.405. The van der Waals surface area contributed by atoms with Crippen molar-refractivity contribution in [3.05, 3.63) is 35.8 Å². The number of hydrogen-bond donors (Lipinski definition) is 1. The molecule has 27 heavy (non-hydrogen) atoms. The molecule has 1 N–H and O–H groups in total. The Morgan fingerprint density at radius 3 is 2.93 bits per heavy atom. The van der Waals surface area contributed by atoms with Crippen molar-refractivity contribution < 1.29 is 19.0 Å². The Morgan fingerprint density at radius 1 is 1.30 bits per heavy atom. The van der Waals surface area contributed by atoms with Crippen molar-refractivity contribution in [2.45, 2.75) is 18.9 Å². The van der Waals surface area contributed by atoms with E-state index in [9.17, 15) is 4.79 Å². The van der Waals surface area contributed by atoms with Gasteiger partial charge < -0.3 is 19.5 Å². The van der Waals surface area contributed by atoms with Gasteiger partial charge in [0.1, 0.15) is 19.0 Å². The molecule has 1 amide bonds. The molecule has 1 unspecified atom stereocenters. The van der Waals surface area contributed by atoms with E-state index in [-0.39, 0.29) is 11.9 Å². The number of carbonyl (C=O) groups excluding carboxylic acids is 1. The van der Waals surface area contributed by atoms with E-state index in [1.165, 1.54) is 0 Å². The predicted octanol–water partition coefficient (Wildman–Crippen LogP) is 3.08. The summed E-state index contributed by atoms with van der Waals surface area (Å²) in [6, 6.07) is 5.33. The highest BCUT2D eigenvalue weighted by atomic mass is 35.5. The van der Waals surface area contributed by atoms with Crippen LogP contribution in [-0.2, 0) is 9.53 Å². The van der Waals surface area contributed by atoms with Gasteiger partial charge in [0.25, 0.3) is 0 Å². The minimum absolute atomic E-state index is 0.00752. The van der Waals surface area contributed by atoms with E-state index in [1.54, 1.807) is 18.3 Å². The zero-order valence-corrected chi connectivity index (χ0v) is 15.5. The van der Waals surface area contributed by atoms with Crippen molar-refractivity contribution in [3.63, 3.8) is 0 Å². The molecule has 0 bridgehead atoms. The van der Waals surface area contributed by atoms with Crippen molar-refractivity contribution in [2.75, 3.05) is 32.3 Å². The second kappa shape index (κ2) is 9.40. The fourth-order valence-electron chi connectivity index (χ4n) is 2.83. The summed E-state index contributed by atoms with van der Waals surface area (Å²) in [6.07, 6.45) is 2.91. The number of benzene rings is 1. The molecule has 1 fully saturated rings. The molecular weight excluding hydrogens is 370 g/mol. The molecule has 1 saturated heterocycles. The Balaban J connectivity index is 1.75. The summed E-state index contributed by atoms with van der Waals surface area (Å²) < 4.78 is 16.8. The SMILES string of the molecule is [C-]#[N+]c1cc2ccnc(OCC3CCC(=O)N3)c2cc1OCCOCCCl. The number of pyridine rings is 1. The Kier molecular flexibility index (Phi) is 6.69. The first-order valence-electron chi connectivity index (χ1n) is 8.70. The first-order valence-corrected chi connectivity index (χ1v) is 9.23. The van der Waals surface area contributed by atoms with E-state index < -0.39 is 0 Å². The van der Waals surface area contributed by atoms with Gasteiger partial charge in [0.05, 0.1) is 25.8 Å². The number of aromatic nitrogens is 1. The van der Waals surface area contributed by atoms with Crippen molar-refractivity contribution in [3.8, 4) is 11.6 Å². The Bertz CT molecular complexity index is 853. The molecule has 7 nitrogen and oxygen atoms in total. The Hall–Kier alpha value is -2.56. The Labute approximate surface area is 162 Å². The lowest BCUT2D eigenvalue weighted by Gasteiger charge is -2.14. The maximum atomic E-state index is 11.3. The molecule has 0 radical (unpaired) electrons. The molecule has 0 spiro atoms. The maximum Gasteiger partial charge on any atom is 0.228 e. The van der Waals surface area contributed by atoms with Gasteiger partial charge in [-0.25, -0.2) is 9.83 Å². The number of fused-ring (bicyclic) bond motifs is 1. The maximum absolute atomic E-state index is 11.3. The van der Waals surface area contributed by atoms with Gasteiger partial charge in [-0.2, -0.15) is 0 Å². The van der Waals surface area contributed by atoms with Gasteiger partial charge in [0, 0.05) is 23.9 Å². The molecule has 1 atom stereocenters. The third-order valence-corrected chi connectivity index (χ3v) is 4.30. The van der Waals surface area contributed by atoms with E-state index in [2.05, 4.69) is 15.1 Å².